The second-order valence-electron chi connectivity index (χ2n) is 6.83. The maximum Gasteiger partial charge on any atom is 0.0564 e. The zero-order valence-corrected chi connectivity index (χ0v) is 11.1. The van der Waals surface area contributed by atoms with E-state index in [4.69, 9.17) is 0 Å². The Labute approximate surface area is 100 Å². The highest BCUT2D eigenvalue weighted by atomic mass is 16.3. The zero-order valence-electron chi connectivity index (χ0n) is 11.1. The van der Waals surface area contributed by atoms with Crippen molar-refractivity contribution in [2.45, 2.75) is 65.0 Å². The molecule has 0 aromatic rings. The Kier molecular flexibility index (Phi) is 3.60. The first-order valence-corrected chi connectivity index (χ1v) is 6.88. The standard InChI is InChI=1S/C14H27NO/c1-11-8-12(10-14(2,3)9-11)15-6-4-13(16)5-7-15/h11-13,16H,4-10H2,1-3H3/t11-,12+/m0/s1. The number of rotatable bonds is 1. The van der Waals surface area contributed by atoms with Crippen LogP contribution >= 0.6 is 0 Å². The molecule has 0 spiro atoms. The highest BCUT2D eigenvalue weighted by Gasteiger charge is 2.35. The molecule has 1 saturated heterocycles. The topological polar surface area (TPSA) is 23.5 Å². The summed E-state index contributed by atoms with van der Waals surface area (Å²) in [5.74, 6) is 0.862. The largest absolute Gasteiger partial charge is 0.393 e. The Balaban J connectivity index is 1.93. The average molecular weight is 225 g/mol. The van der Waals surface area contributed by atoms with Gasteiger partial charge in [-0.2, -0.15) is 0 Å². The van der Waals surface area contributed by atoms with E-state index in [2.05, 4.69) is 25.7 Å². The van der Waals surface area contributed by atoms with Gasteiger partial charge in [-0.1, -0.05) is 20.8 Å². The predicted molar refractivity (Wildman–Crippen MR) is 67.4 cm³/mol. The van der Waals surface area contributed by atoms with Crippen LogP contribution in [0.5, 0.6) is 0 Å². The molecular weight excluding hydrogens is 198 g/mol. The number of piperidine rings is 1. The van der Waals surface area contributed by atoms with Gasteiger partial charge in [-0.3, -0.25) is 0 Å². The van der Waals surface area contributed by atoms with Gasteiger partial charge in [0.05, 0.1) is 6.10 Å². The van der Waals surface area contributed by atoms with Crippen molar-refractivity contribution < 1.29 is 5.11 Å². The van der Waals surface area contributed by atoms with E-state index < -0.39 is 0 Å². The van der Waals surface area contributed by atoms with E-state index in [0.29, 0.717) is 5.41 Å². The number of hydrogen-bond donors (Lipinski definition) is 1. The normalized spacial score (nSPS) is 37.5. The Morgan fingerprint density at radius 2 is 1.75 bits per heavy atom. The van der Waals surface area contributed by atoms with Gasteiger partial charge in [0, 0.05) is 19.1 Å². The lowest BCUT2D eigenvalue weighted by atomic mass is 9.70. The van der Waals surface area contributed by atoms with E-state index in [1.54, 1.807) is 0 Å². The van der Waals surface area contributed by atoms with Crippen LogP contribution in [0.3, 0.4) is 0 Å². The fourth-order valence-corrected chi connectivity index (χ4v) is 3.82. The highest BCUT2D eigenvalue weighted by molar-refractivity contribution is 4.89. The maximum absolute atomic E-state index is 9.55. The van der Waals surface area contributed by atoms with Crippen LogP contribution in [0, 0.1) is 11.3 Å². The molecule has 2 aliphatic rings. The van der Waals surface area contributed by atoms with Crippen molar-refractivity contribution in [3.05, 3.63) is 0 Å². The summed E-state index contributed by atoms with van der Waals surface area (Å²) in [5, 5.41) is 9.55. The van der Waals surface area contributed by atoms with Crippen molar-refractivity contribution in [1.82, 2.24) is 4.90 Å². The van der Waals surface area contributed by atoms with Crippen LogP contribution in [0.2, 0.25) is 0 Å². The minimum Gasteiger partial charge on any atom is -0.393 e. The van der Waals surface area contributed by atoms with E-state index in [1.165, 1.54) is 19.3 Å². The third-order valence-electron chi connectivity index (χ3n) is 4.38. The SMILES string of the molecule is C[C@H]1C[C@@H](N2CCC(O)CC2)CC(C)(C)C1. The highest BCUT2D eigenvalue weighted by Crippen LogP contribution is 2.40. The molecule has 2 nitrogen and oxygen atoms in total. The zero-order chi connectivity index (χ0) is 11.8. The molecule has 1 saturated carbocycles. The molecule has 0 amide bonds. The number of likely N-dealkylation sites (tertiary alicyclic amines) is 1. The molecule has 2 rings (SSSR count). The van der Waals surface area contributed by atoms with E-state index in [1.807, 2.05) is 0 Å². The average Bonchev–Trinajstić information content (AvgIpc) is 2.15. The van der Waals surface area contributed by atoms with Crippen LogP contribution in [0.4, 0.5) is 0 Å². The van der Waals surface area contributed by atoms with Gasteiger partial charge in [0.2, 0.25) is 0 Å². The first-order valence-electron chi connectivity index (χ1n) is 6.88. The summed E-state index contributed by atoms with van der Waals surface area (Å²) in [6, 6.07) is 0.770. The van der Waals surface area contributed by atoms with Crippen molar-refractivity contribution in [2.24, 2.45) is 11.3 Å². The molecule has 1 aliphatic carbocycles. The van der Waals surface area contributed by atoms with E-state index in [0.717, 1.165) is 37.9 Å². The minimum absolute atomic E-state index is 0.0368. The van der Waals surface area contributed by atoms with E-state index in [-0.39, 0.29) is 6.10 Å². The van der Waals surface area contributed by atoms with Gasteiger partial charge in [-0.05, 0) is 43.4 Å². The molecule has 1 aliphatic heterocycles. The molecule has 16 heavy (non-hydrogen) atoms. The van der Waals surface area contributed by atoms with Gasteiger partial charge >= 0.3 is 0 Å². The molecule has 2 heteroatoms. The molecule has 0 unspecified atom stereocenters. The Morgan fingerprint density at radius 3 is 2.31 bits per heavy atom. The van der Waals surface area contributed by atoms with E-state index in [9.17, 15) is 5.11 Å². The smallest absolute Gasteiger partial charge is 0.0564 e. The van der Waals surface area contributed by atoms with Crippen molar-refractivity contribution in [2.75, 3.05) is 13.1 Å². The first kappa shape index (κ1) is 12.4. The minimum atomic E-state index is -0.0368. The van der Waals surface area contributed by atoms with Gasteiger partial charge in [-0.15, -0.1) is 0 Å². The molecule has 1 heterocycles. The van der Waals surface area contributed by atoms with Crippen molar-refractivity contribution in [3.8, 4) is 0 Å². The third-order valence-corrected chi connectivity index (χ3v) is 4.38. The number of hydrogen-bond acceptors (Lipinski definition) is 2. The lowest BCUT2D eigenvalue weighted by Gasteiger charge is -2.45. The quantitative estimate of drug-likeness (QED) is 0.741. The third kappa shape index (κ3) is 2.98. The first-order chi connectivity index (χ1) is 7.46. The molecule has 2 fully saturated rings. The van der Waals surface area contributed by atoms with Crippen molar-refractivity contribution >= 4 is 0 Å². The number of aliphatic hydroxyl groups is 1. The second kappa shape index (κ2) is 4.66. The van der Waals surface area contributed by atoms with Crippen LogP contribution in [-0.2, 0) is 0 Å². The fourth-order valence-electron chi connectivity index (χ4n) is 3.82. The van der Waals surface area contributed by atoms with Crippen LogP contribution < -0.4 is 0 Å². The molecule has 1 N–H and O–H groups in total. The van der Waals surface area contributed by atoms with Crippen molar-refractivity contribution in [1.29, 1.82) is 0 Å². The van der Waals surface area contributed by atoms with E-state index >= 15 is 0 Å². The van der Waals surface area contributed by atoms with Gasteiger partial charge in [0.1, 0.15) is 0 Å². The predicted octanol–water partition coefficient (Wildman–Crippen LogP) is 2.66. The van der Waals surface area contributed by atoms with Crippen LogP contribution in [-0.4, -0.2) is 35.2 Å². The summed E-state index contributed by atoms with van der Waals surface area (Å²) in [7, 11) is 0. The fraction of sp³-hybridized carbons (Fsp3) is 1.00. The van der Waals surface area contributed by atoms with Crippen LogP contribution in [0.1, 0.15) is 52.9 Å². The Bertz CT molecular complexity index is 231. The maximum atomic E-state index is 9.55. The molecular formula is C14H27NO. The number of aliphatic hydroxyl groups excluding tert-OH is 1. The molecule has 0 aromatic heterocycles. The molecule has 0 radical (unpaired) electrons. The lowest BCUT2D eigenvalue weighted by Crippen LogP contribution is -2.47. The Morgan fingerprint density at radius 1 is 1.12 bits per heavy atom. The van der Waals surface area contributed by atoms with Crippen molar-refractivity contribution in [3.63, 3.8) is 0 Å². The summed E-state index contributed by atoms with van der Waals surface area (Å²) in [5.41, 5.74) is 0.512. The lowest BCUT2D eigenvalue weighted by molar-refractivity contribution is 0.0186. The molecule has 2 atom stereocenters. The molecule has 0 aromatic carbocycles. The van der Waals surface area contributed by atoms with Gasteiger partial charge in [0.15, 0.2) is 0 Å². The summed E-state index contributed by atoms with van der Waals surface area (Å²) < 4.78 is 0. The summed E-state index contributed by atoms with van der Waals surface area (Å²) in [6.45, 7) is 9.43. The van der Waals surface area contributed by atoms with Gasteiger partial charge in [-0.25, -0.2) is 0 Å². The Hall–Kier alpha value is -0.0800. The summed E-state index contributed by atoms with van der Waals surface area (Å²) in [6.07, 6.45) is 5.99. The molecule has 0 bridgehead atoms. The number of nitrogens with zero attached hydrogens (tertiary/aromatic N) is 1. The monoisotopic (exact) mass is 225 g/mol. The summed E-state index contributed by atoms with van der Waals surface area (Å²) in [4.78, 5) is 2.63. The molecule has 94 valence electrons. The second-order valence-corrected chi connectivity index (χ2v) is 6.83. The van der Waals surface area contributed by atoms with Gasteiger partial charge in [0.25, 0.3) is 0 Å². The van der Waals surface area contributed by atoms with Gasteiger partial charge < -0.3 is 10.0 Å². The summed E-state index contributed by atoms with van der Waals surface area (Å²) >= 11 is 0. The van der Waals surface area contributed by atoms with Crippen LogP contribution in [0.25, 0.3) is 0 Å². The van der Waals surface area contributed by atoms with Crippen LogP contribution in [0.15, 0.2) is 0 Å².